The van der Waals surface area contributed by atoms with Crippen molar-refractivity contribution in [1.29, 1.82) is 0 Å². The van der Waals surface area contributed by atoms with Crippen molar-refractivity contribution in [3.63, 3.8) is 0 Å². The Bertz CT molecular complexity index is 1350. The number of ether oxygens (including phenoxy) is 1. The van der Waals surface area contributed by atoms with Crippen LogP contribution in [0, 0.1) is 0 Å². The predicted molar refractivity (Wildman–Crippen MR) is 154 cm³/mol. The van der Waals surface area contributed by atoms with Gasteiger partial charge in [0, 0.05) is 24.5 Å². The number of carbonyl (C=O) groups excluding carboxylic acids is 2. The fourth-order valence-corrected chi connectivity index (χ4v) is 5.18. The molecule has 208 valence electrons. The summed E-state index contributed by atoms with van der Waals surface area (Å²) in [6, 6.07) is 21.9. The zero-order valence-electron chi connectivity index (χ0n) is 22.3. The van der Waals surface area contributed by atoms with Gasteiger partial charge in [0.15, 0.2) is 0 Å². The molecular weight excluding hydrogens is 538 g/mol. The molecule has 10 heteroatoms. The predicted octanol–water partition coefficient (Wildman–Crippen LogP) is 4.28. The van der Waals surface area contributed by atoms with E-state index in [2.05, 4.69) is 5.32 Å². The van der Waals surface area contributed by atoms with Crippen molar-refractivity contribution in [2.75, 3.05) is 30.8 Å². The summed E-state index contributed by atoms with van der Waals surface area (Å²) in [4.78, 5) is 28.9. The molecule has 0 spiro atoms. The second-order valence-corrected chi connectivity index (χ2v) is 11.5. The van der Waals surface area contributed by atoms with Crippen LogP contribution in [0.3, 0.4) is 0 Å². The van der Waals surface area contributed by atoms with Crippen molar-refractivity contribution in [2.24, 2.45) is 0 Å². The van der Waals surface area contributed by atoms with Crippen molar-refractivity contribution >= 4 is 39.1 Å². The van der Waals surface area contributed by atoms with E-state index in [0.717, 1.165) is 22.5 Å². The SMILES string of the molecule is CCCNC(=O)C(Cc1ccccc1)N(Cc1cccc(Cl)c1)C(=O)CN(c1ccc(OC)cc1)S(C)(=O)=O. The van der Waals surface area contributed by atoms with Gasteiger partial charge in [0.05, 0.1) is 19.1 Å². The molecule has 3 rings (SSSR count). The smallest absolute Gasteiger partial charge is 0.244 e. The number of methoxy groups -OCH3 is 1. The molecule has 3 aromatic rings. The van der Waals surface area contributed by atoms with Crippen LogP contribution in [0.2, 0.25) is 5.02 Å². The number of carbonyl (C=O) groups is 2. The van der Waals surface area contributed by atoms with Crippen LogP contribution in [-0.2, 0) is 32.6 Å². The van der Waals surface area contributed by atoms with E-state index in [1.165, 1.54) is 12.0 Å². The fraction of sp³-hybridized carbons (Fsp3) is 0.310. The summed E-state index contributed by atoms with van der Waals surface area (Å²) >= 11 is 6.22. The van der Waals surface area contributed by atoms with E-state index in [1.807, 2.05) is 43.3 Å². The molecule has 1 atom stereocenters. The molecule has 1 N–H and O–H groups in total. The lowest BCUT2D eigenvalue weighted by atomic mass is 10.0. The van der Waals surface area contributed by atoms with Crippen molar-refractivity contribution in [3.05, 3.63) is 95.0 Å². The van der Waals surface area contributed by atoms with Gasteiger partial charge in [0.1, 0.15) is 18.3 Å². The maximum absolute atomic E-state index is 14.0. The number of sulfonamides is 1. The molecule has 0 heterocycles. The number of rotatable bonds is 13. The Hall–Kier alpha value is -3.56. The van der Waals surface area contributed by atoms with E-state index >= 15 is 0 Å². The van der Waals surface area contributed by atoms with Crippen molar-refractivity contribution in [1.82, 2.24) is 10.2 Å². The first-order valence-electron chi connectivity index (χ1n) is 12.6. The average molecular weight is 572 g/mol. The van der Waals surface area contributed by atoms with Gasteiger partial charge in [-0.15, -0.1) is 0 Å². The number of benzene rings is 3. The molecule has 0 aliphatic rings. The zero-order chi connectivity index (χ0) is 28.4. The van der Waals surface area contributed by atoms with Crippen LogP contribution < -0.4 is 14.4 Å². The highest BCUT2D eigenvalue weighted by Gasteiger charge is 2.33. The van der Waals surface area contributed by atoms with Crippen molar-refractivity contribution in [2.45, 2.75) is 32.4 Å². The molecule has 0 saturated carbocycles. The molecule has 39 heavy (non-hydrogen) atoms. The number of halogens is 1. The Labute approximate surface area is 235 Å². The minimum Gasteiger partial charge on any atom is -0.497 e. The van der Waals surface area contributed by atoms with E-state index in [9.17, 15) is 18.0 Å². The summed E-state index contributed by atoms with van der Waals surface area (Å²) in [5.74, 6) is -0.285. The number of anilines is 1. The normalized spacial score (nSPS) is 11.9. The largest absolute Gasteiger partial charge is 0.497 e. The molecule has 3 aromatic carbocycles. The number of hydrogen-bond acceptors (Lipinski definition) is 5. The molecule has 0 aliphatic carbocycles. The molecule has 0 radical (unpaired) electrons. The molecule has 0 fully saturated rings. The van der Waals surface area contributed by atoms with Gasteiger partial charge in [0.25, 0.3) is 0 Å². The number of nitrogens with zero attached hydrogens (tertiary/aromatic N) is 2. The molecule has 2 amide bonds. The topological polar surface area (TPSA) is 96.0 Å². The second kappa shape index (κ2) is 14.0. The Morgan fingerprint density at radius 1 is 0.974 bits per heavy atom. The third-order valence-electron chi connectivity index (χ3n) is 6.10. The van der Waals surface area contributed by atoms with Gasteiger partial charge in [-0.25, -0.2) is 8.42 Å². The Morgan fingerprint density at radius 2 is 1.64 bits per heavy atom. The first-order chi connectivity index (χ1) is 18.6. The first-order valence-corrected chi connectivity index (χ1v) is 14.8. The van der Waals surface area contributed by atoms with Crippen LogP contribution in [0.1, 0.15) is 24.5 Å². The lowest BCUT2D eigenvalue weighted by molar-refractivity contribution is -0.140. The highest BCUT2D eigenvalue weighted by Crippen LogP contribution is 2.23. The Morgan fingerprint density at radius 3 is 2.23 bits per heavy atom. The Kier molecular flexibility index (Phi) is 10.8. The molecular formula is C29H34ClN3O5S. The van der Waals surface area contributed by atoms with Gasteiger partial charge in [0.2, 0.25) is 21.8 Å². The highest BCUT2D eigenvalue weighted by atomic mass is 35.5. The van der Waals surface area contributed by atoms with Crippen LogP contribution >= 0.6 is 11.6 Å². The maximum Gasteiger partial charge on any atom is 0.244 e. The summed E-state index contributed by atoms with van der Waals surface area (Å²) in [6.07, 6.45) is 2.02. The highest BCUT2D eigenvalue weighted by molar-refractivity contribution is 7.92. The molecule has 0 saturated heterocycles. The van der Waals surface area contributed by atoms with E-state index in [1.54, 1.807) is 42.5 Å². The number of amides is 2. The molecule has 1 unspecified atom stereocenters. The van der Waals surface area contributed by atoms with Gasteiger partial charge in [-0.2, -0.15) is 0 Å². The monoisotopic (exact) mass is 571 g/mol. The van der Waals surface area contributed by atoms with Crippen LogP contribution in [-0.4, -0.2) is 57.6 Å². The standard InChI is InChI=1S/C29H34ClN3O5S/c1-4-17-31-29(35)27(19-22-9-6-5-7-10-22)32(20-23-11-8-12-24(30)18-23)28(34)21-33(39(3,36)37)25-13-15-26(38-2)16-14-25/h5-16,18,27H,4,17,19-21H2,1-3H3,(H,31,35). The van der Waals surface area contributed by atoms with Crippen LogP contribution in [0.25, 0.3) is 0 Å². The number of hydrogen-bond donors (Lipinski definition) is 1. The fourth-order valence-electron chi connectivity index (χ4n) is 4.11. The minimum absolute atomic E-state index is 0.0661. The van der Waals surface area contributed by atoms with Gasteiger partial charge in [-0.05, 0) is 53.9 Å². The van der Waals surface area contributed by atoms with Crippen LogP contribution in [0.15, 0.2) is 78.9 Å². The van der Waals surface area contributed by atoms with E-state index in [0.29, 0.717) is 28.6 Å². The first kappa shape index (κ1) is 30.0. The van der Waals surface area contributed by atoms with Gasteiger partial charge < -0.3 is 15.0 Å². The lowest BCUT2D eigenvalue weighted by Gasteiger charge is -2.33. The summed E-state index contributed by atoms with van der Waals surface area (Å²) in [6.45, 7) is 1.97. The van der Waals surface area contributed by atoms with Crippen molar-refractivity contribution in [3.8, 4) is 5.75 Å². The molecule has 8 nitrogen and oxygen atoms in total. The van der Waals surface area contributed by atoms with Gasteiger partial charge in [-0.1, -0.05) is 61.0 Å². The number of nitrogens with one attached hydrogen (secondary N) is 1. The molecule has 0 aliphatic heterocycles. The van der Waals surface area contributed by atoms with Gasteiger partial charge in [-0.3, -0.25) is 13.9 Å². The molecule has 0 bridgehead atoms. The van der Waals surface area contributed by atoms with E-state index < -0.39 is 28.5 Å². The third-order valence-corrected chi connectivity index (χ3v) is 7.48. The third kappa shape index (κ3) is 8.73. The Balaban J connectivity index is 2.03. The summed E-state index contributed by atoms with van der Waals surface area (Å²) in [7, 11) is -2.33. The van der Waals surface area contributed by atoms with Gasteiger partial charge >= 0.3 is 0 Å². The second-order valence-electron chi connectivity index (χ2n) is 9.12. The lowest BCUT2D eigenvalue weighted by Crippen LogP contribution is -2.53. The van der Waals surface area contributed by atoms with Crippen LogP contribution in [0.4, 0.5) is 5.69 Å². The molecule has 0 aromatic heterocycles. The summed E-state index contributed by atoms with van der Waals surface area (Å²) in [5, 5.41) is 3.40. The minimum atomic E-state index is -3.84. The quantitative estimate of drug-likeness (QED) is 0.330. The zero-order valence-corrected chi connectivity index (χ0v) is 23.9. The van der Waals surface area contributed by atoms with Crippen LogP contribution in [0.5, 0.6) is 5.75 Å². The summed E-state index contributed by atoms with van der Waals surface area (Å²) in [5.41, 5.74) is 1.89. The van der Waals surface area contributed by atoms with E-state index in [-0.39, 0.29) is 18.9 Å². The van der Waals surface area contributed by atoms with Crippen molar-refractivity contribution < 1.29 is 22.7 Å². The maximum atomic E-state index is 14.0. The average Bonchev–Trinajstić information content (AvgIpc) is 2.92. The summed E-state index contributed by atoms with van der Waals surface area (Å²) < 4.78 is 31.8. The van der Waals surface area contributed by atoms with E-state index in [4.69, 9.17) is 16.3 Å².